The lowest BCUT2D eigenvalue weighted by Gasteiger charge is -2.15. The van der Waals surface area contributed by atoms with Crippen LogP contribution in [-0.2, 0) is 6.18 Å². The highest BCUT2D eigenvalue weighted by atomic mass is 35.5. The Hall–Kier alpha value is -1.37. The molecule has 2 aromatic rings. The van der Waals surface area contributed by atoms with Crippen molar-refractivity contribution in [3.8, 4) is 11.5 Å². The Morgan fingerprint density at radius 1 is 1.00 bits per heavy atom. The van der Waals surface area contributed by atoms with Crippen LogP contribution >= 0.6 is 34.8 Å². The zero-order valence-electron chi connectivity index (χ0n) is 10.4. The van der Waals surface area contributed by atoms with Crippen molar-refractivity contribution >= 4 is 40.5 Å². The highest BCUT2D eigenvalue weighted by Crippen LogP contribution is 2.44. The summed E-state index contributed by atoms with van der Waals surface area (Å²) >= 11 is 17.1. The fraction of sp³-hybridized carbons (Fsp3) is 0.0769. The smallest absolute Gasteiger partial charge is 0.419 e. The van der Waals surface area contributed by atoms with Gasteiger partial charge in [0, 0.05) is 6.07 Å². The van der Waals surface area contributed by atoms with Crippen LogP contribution in [0.25, 0.3) is 0 Å². The van der Waals surface area contributed by atoms with Gasteiger partial charge in [-0.1, -0.05) is 34.8 Å². The molecule has 9 heteroatoms. The van der Waals surface area contributed by atoms with Gasteiger partial charge in [-0.25, -0.2) is 4.39 Å². The largest absolute Gasteiger partial charge is 0.454 e. The second-order valence-corrected chi connectivity index (χ2v) is 5.34. The number of alkyl halides is 3. The molecule has 0 aliphatic rings. The van der Waals surface area contributed by atoms with E-state index in [9.17, 15) is 17.6 Å². The molecule has 2 rings (SSSR count). The monoisotopic (exact) mass is 373 g/mol. The summed E-state index contributed by atoms with van der Waals surface area (Å²) < 4.78 is 56.9. The fourth-order valence-electron chi connectivity index (χ4n) is 1.57. The standard InChI is InChI=1S/C13H6Cl3F4NO/c14-7-3-5(1-2-9(7)21)22-12-8(15)4-6(13(18,19)20)11(17)10(12)16/h1-4H,21H2. The van der Waals surface area contributed by atoms with E-state index < -0.39 is 33.4 Å². The summed E-state index contributed by atoms with van der Waals surface area (Å²) in [5.74, 6) is -2.04. The lowest BCUT2D eigenvalue weighted by atomic mass is 10.2. The molecule has 0 bridgehead atoms. The van der Waals surface area contributed by atoms with E-state index in [2.05, 4.69) is 0 Å². The average molecular weight is 375 g/mol. The molecule has 0 unspecified atom stereocenters. The molecule has 2 aromatic carbocycles. The van der Waals surface area contributed by atoms with Crippen LogP contribution in [0, 0.1) is 5.82 Å². The Morgan fingerprint density at radius 3 is 2.18 bits per heavy atom. The van der Waals surface area contributed by atoms with E-state index in [1.807, 2.05) is 0 Å². The zero-order valence-corrected chi connectivity index (χ0v) is 12.7. The molecule has 0 aliphatic carbocycles. The highest BCUT2D eigenvalue weighted by Gasteiger charge is 2.37. The Morgan fingerprint density at radius 2 is 1.64 bits per heavy atom. The van der Waals surface area contributed by atoms with E-state index in [1.54, 1.807) is 0 Å². The Kier molecular flexibility index (Phi) is 4.65. The van der Waals surface area contributed by atoms with Gasteiger partial charge in [0.25, 0.3) is 0 Å². The van der Waals surface area contributed by atoms with Crippen molar-refractivity contribution < 1.29 is 22.3 Å². The third-order valence-electron chi connectivity index (χ3n) is 2.61. The molecule has 0 amide bonds. The van der Waals surface area contributed by atoms with Gasteiger partial charge < -0.3 is 10.5 Å². The van der Waals surface area contributed by atoms with Crippen LogP contribution in [-0.4, -0.2) is 0 Å². The number of nitrogen functional groups attached to an aromatic ring is 1. The van der Waals surface area contributed by atoms with Crippen molar-refractivity contribution in [3.05, 3.63) is 50.7 Å². The molecular weight excluding hydrogens is 368 g/mol. The number of hydrogen-bond acceptors (Lipinski definition) is 2. The minimum Gasteiger partial charge on any atom is -0.454 e. The van der Waals surface area contributed by atoms with Crippen LogP contribution in [0.15, 0.2) is 24.3 Å². The minimum atomic E-state index is -4.93. The number of anilines is 1. The van der Waals surface area contributed by atoms with Gasteiger partial charge in [-0.3, -0.25) is 0 Å². The van der Waals surface area contributed by atoms with Crippen LogP contribution < -0.4 is 10.5 Å². The SMILES string of the molecule is Nc1ccc(Oc2c(Cl)cc(C(F)(F)F)c(F)c2Cl)cc1Cl. The number of ether oxygens (including phenoxy) is 1. The maximum absolute atomic E-state index is 13.7. The summed E-state index contributed by atoms with van der Waals surface area (Å²) in [6.45, 7) is 0. The predicted octanol–water partition coefficient (Wildman–Crippen LogP) is 6.18. The van der Waals surface area contributed by atoms with Crippen molar-refractivity contribution in [2.24, 2.45) is 0 Å². The normalized spacial score (nSPS) is 11.6. The summed E-state index contributed by atoms with van der Waals surface area (Å²) in [5, 5.41) is -1.23. The van der Waals surface area contributed by atoms with Crippen LogP contribution in [0.2, 0.25) is 15.1 Å². The molecule has 2 N–H and O–H groups in total. The van der Waals surface area contributed by atoms with Crippen LogP contribution in [0.5, 0.6) is 11.5 Å². The van der Waals surface area contributed by atoms with Gasteiger partial charge in [-0.2, -0.15) is 13.2 Å². The van der Waals surface area contributed by atoms with Gasteiger partial charge in [-0.05, 0) is 18.2 Å². The molecule has 0 spiro atoms. The first-order chi connectivity index (χ1) is 10.1. The number of hydrogen-bond donors (Lipinski definition) is 1. The van der Waals surface area contributed by atoms with Gasteiger partial charge in [0.05, 0.1) is 21.3 Å². The number of rotatable bonds is 2. The zero-order chi connectivity index (χ0) is 16.7. The van der Waals surface area contributed by atoms with Crippen molar-refractivity contribution in [3.63, 3.8) is 0 Å². The Balaban J connectivity index is 2.48. The first-order valence-corrected chi connectivity index (χ1v) is 6.72. The quantitative estimate of drug-likeness (QED) is 0.387. The number of halogens is 7. The highest BCUT2D eigenvalue weighted by molar-refractivity contribution is 6.37. The van der Waals surface area contributed by atoms with Crippen LogP contribution in [0.4, 0.5) is 23.2 Å². The fourth-order valence-corrected chi connectivity index (χ4v) is 2.27. The van der Waals surface area contributed by atoms with Crippen molar-refractivity contribution in [2.75, 3.05) is 5.73 Å². The topological polar surface area (TPSA) is 35.2 Å². The van der Waals surface area contributed by atoms with Crippen LogP contribution in [0.1, 0.15) is 5.56 Å². The van der Waals surface area contributed by atoms with Gasteiger partial charge in [0.2, 0.25) is 0 Å². The third-order valence-corrected chi connectivity index (χ3v) is 3.56. The molecule has 0 heterocycles. The van der Waals surface area contributed by atoms with Crippen molar-refractivity contribution in [2.45, 2.75) is 6.18 Å². The van der Waals surface area contributed by atoms with E-state index in [0.717, 1.165) is 0 Å². The van der Waals surface area contributed by atoms with E-state index in [1.165, 1.54) is 18.2 Å². The molecule has 0 saturated carbocycles. The molecule has 22 heavy (non-hydrogen) atoms. The molecule has 0 saturated heterocycles. The summed E-state index contributed by atoms with van der Waals surface area (Å²) in [4.78, 5) is 0. The van der Waals surface area contributed by atoms with Gasteiger partial charge in [-0.15, -0.1) is 0 Å². The molecule has 0 atom stereocenters. The minimum absolute atomic E-state index is 0.0853. The first-order valence-electron chi connectivity index (χ1n) is 5.59. The number of benzene rings is 2. The molecule has 0 aromatic heterocycles. The maximum Gasteiger partial charge on any atom is 0.419 e. The van der Waals surface area contributed by atoms with E-state index in [4.69, 9.17) is 45.3 Å². The van der Waals surface area contributed by atoms with E-state index in [0.29, 0.717) is 6.07 Å². The second kappa shape index (κ2) is 6.02. The molecule has 0 aliphatic heterocycles. The van der Waals surface area contributed by atoms with Crippen LogP contribution in [0.3, 0.4) is 0 Å². The van der Waals surface area contributed by atoms with Gasteiger partial charge in [0.15, 0.2) is 11.6 Å². The summed E-state index contributed by atoms with van der Waals surface area (Å²) in [5.41, 5.74) is 4.20. The van der Waals surface area contributed by atoms with Crippen molar-refractivity contribution in [1.29, 1.82) is 0 Å². The van der Waals surface area contributed by atoms with E-state index >= 15 is 0 Å². The molecule has 2 nitrogen and oxygen atoms in total. The van der Waals surface area contributed by atoms with Gasteiger partial charge >= 0.3 is 6.18 Å². The third kappa shape index (κ3) is 3.34. The summed E-state index contributed by atoms with van der Waals surface area (Å²) in [7, 11) is 0. The molecule has 0 fully saturated rings. The molecular formula is C13H6Cl3F4NO. The maximum atomic E-state index is 13.7. The summed E-state index contributed by atoms with van der Waals surface area (Å²) in [6, 6.07) is 4.47. The predicted molar refractivity (Wildman–Crippen MR) is 77.4 cm³/mol. The Labute approximate surface area is 137 Å². The lowest BCUT2D eigenvalue weighted by Crippen LogP contribution is -2.09. The first kappa shape index (κ1) is 17.0. The second-order valence-electron chi connectivity index (χ2n) is 4.15. The molecule has 118 valence electrons. The van der Waals surface area contributed by atoms with E-state index in [-0.39, 0.29) is 16.5 Å². The summed E-state index contributed by atoms with van der Waals surface area (Å²) in [6.07, 6.45) is -4.93. The average Bonchev–Trinajstić information content (AvgIpc) is 2.41. The Bertz CT molecular complexity index is 734. The number of nitrogens with two attached hydrogens (primary N) is 1. The lowest BCUT2D eigenvalue weighted by molar-refractivity contribution is -0.140. The van der Waals surface area contributed by atoms with Gasteiger partial charge in [0.1, 0.15) is 10.8 Å². The van der Waals surface area contributed by atoms with Crippen molar-refractivity contribution in [1.82, 2.24) is 0 Å². The molecule has 0 radical (unpaired) electrons.